The van der Waals surface area contributed by atoms with Gasteiger partial charge in [0.15, 0.2) is 0 Å². The Balaban J connectivity index is 2.21. The molecule has 0 radical (unpaired) electrons. The smallest absolute Gasteiger partial charge is 0.303 e. The van der Waals surface area contributed by atoms with E-state index in [1.165, 1.54) is 0 Å². The lowest BCUT2D eigenvalue weighted by atomic mass is 10.1. The van der Waals surface area contributed by atoms with E-state index in [0.717, 1.165) is 26.2 Å². The van der Waals surface area contributed by atoms with Crippen molar-refractivity contribution in [1.29, 1.82) is 0 Å². The number of aliphatic carboxylic acids is 1. The maximum atomic E-state index is 10.3. The molecule has 0 saturated carbocycles. The summed E-state index contributed by atoms with van der Waals surface area (Å²) in [6, 6.07) is 0. The number of carbonyl (C=O) groups is 1. The normalized spacial score (nSPS) is 24.5. The molecule has 13 heavy (non-hydrogen) atoms. The van der Waals surface area contributed by atoms with Gasteiger partial charge in [-0.25, -0.2) is 0 Å². The van der Waals surface area contributed by atoms with Crippen LogP contribution in [0.2, 0.25) is 0 Å². The standard InChI is InChI=1S/C9H17NO3/c1-2-10-5-6-13-8(7-10)3-4-9(11)12/h8H,2-7H2,1H3,(H,11,12)/t8-/m0/s1. The van der Waals surface area contributed by atoms with Gasteiger partial charge in [0.25, 0.3) is 0 Å². The number of rotatable bonds is 4. The molecule has 0 spiro atoms. The molecule has 1 heterocycles. The van der Waals surface area contributed by atoms with E-state index in [1.54, 1.807) is 0 Å². The quantitative estimate of drug-likeness (QED) is 0.699. The number of hydrogen-bond acceptors (Lipinski definition) is 3. The first kappa shape index (κ1) is 10.5. The van der Waals surface area contributed by atoms with Crippen molar-refractivity contribution in [2.45, 2.75) is 25.9 Å². The van der Waals surface area contributed by atoms with Crippen molar-refractivity contribution in [3.05, 3.63) is 0 Å². The molecule has 1 atom stereocenters. The van der Waals surface area contributed by atoms with E-state index in [-0.39, 0.29) is 12.5 Å². The van der Waals surface area contributed by atoms with Gasteiger partial charge in [-0.2, -0.15) is 0 Å². The minimum atomic E-state index is -0.739. The summed E-state index contributed by atoms with van der Waals surface area (Å²) in [5, 5.41) is 8.50. The molecule has 1 aliphatic heterocycles. The predicted molar refractivity (Wildman–Crippen MR) is 48.7 cm³/mol. The van der Waals surface area contributed by atoms with Gasteiger partial charge in [-0.3, -0.25) is 9.69 Å². The molecule has 0 aromatic rings. The first-order valence-corrected chi connectivity index (χ1v) is 4.78. The third-order valence-corrected chi connectivity index (χ3v) is 2.35. The fourth-order valence-electron chi connectivity index (χ4n) is 1.53. The molecular formula is C9H17NO3. The molecule has 4 nitrogen and oxygen atoms in total. The molecule has 0 aromatic heterocycles. The lowest BCUT2D eigenvalue weighted by Gasteiger charge is -2.31. The average molecular weight is 187 g/mol. The van der Waals surface area contributed by atoms with Gasteiger partial charge in [0.2, 0.25) is 0 Å². The number of nitrogens with zero attached hydrogens (tertiary/aromatic N) is 1. The average Bonchev–Trinajstić information content (AvgIpc) is 2.15. The maximum Gasteiger partial charge on any atom is 0.303 e. The highest BCUT2D eigenvalue weighted by Crippen LogP contribution is 2.09. The van der Waals surface area contributed by atoms with Crippen LogP contribution in [-0.4, -0.2) is 48.3 Å². The van der Waals surface area contributed by atoms with Crippen molar-refractivity contribution < 1.29 is 14.6 Å². The maximum absolute atomic E-state index is 10.3. The van der Waals surface area contributed by atoms with Crippen LogP contribution in [0.1, 0.15) is 19.8 Å². The van der Waals surface area contributed by atoms with Gasteiger partial charge >= 0.3 is 5.97 Å². The van der Waals surface area contributed by atoms with E-state index in [4.69, 9.17) is 9.84 Å². The van der Waals surface area contributed by atoms with Crippen molar-refractivity contribution in [1.82, 2.24) is 4.90 Å². The van der Waals surface area contributed by atoms with Crippen LogP contribution in [0.15, 0.2) is 0 Å². The fraction of sp³-hybridized carbons (Fsp3) is 0.889. The van der Waals surface area contributed by atoms with Crippen LogP contribution < -0.4 is 0 Å². The monoisotopic (exact) mass is 187 g/mol. The molecule has 0 bridgehead atoms. The van der Waals surface area contributed by atoms with Crippen LogP contribution in [0, 0.1) is 0 Å². The summed E-state index contributed by atoms with van der Waals surface area (Å²) in [7, 11) is 0. The highest BCUT2D eigenvalue weighted by Gasteiger charge is 2.19. The predicted octanol–water partition coefficient (Wildman–Crippen LogP) is 0.572. The van der Waals surface area contributed by atoms with Gasteiger partial charge in [-0.05, 0) is 13.0 Å². The molecule has 1 fully saturated rings. The minimum Gasteiger partial charge on any atom is -0.481 e. The summed E-state index contributed by atoms with van der Waals surface area (Å²) in [6.07, 6.45) is 0.957. The van der Waals surface area contributed by atoms with E-state index in [0.29, 0.717) is 6.42 Å². The first-order valence-electron chi connectivity index (χ1n) is 4.78. The lowest BCUT2D eigenvalue weighted by Crippen LogP contribution is -2.42. The summed E-state index contributed by atoms with van der Waals surface area (Å²) in [5.74, 6) is -0.739. The Kier molecular flexibility index (Phi) is 4.18. The van der Waals surface area contributed by atoms with Crippen LogP contribution in [0.25, 0.3) is 0 Å². The summed E-state index contributed by atoms with van der Waals surface area (Å²) >= 11 is 0. The van der Waals surface area contributed by atoms with Crippen molar-refractivity contribution in [2.75, 3.05) is 26.2 Å². The van der Waals surface area contributed by atoms with E-state index in [2.05, 4.69) is 11.8 Å². The second-order valence-electron chi connectivity index (χ2n) is 3.32. The Morgan fingerprint density at radius 2 is 2.46 bits per heavy atom. The zero-order valence-electron chi connectivity index (χ0n) is 8.03. The molecule has 76 valence electrons. The van der Waals surface area contributed by atoms with Crippen LogP contribution >= 0.6 is 0 Å². The van der Waals surface area contributed by atoms with Crippen molar-refractivity contribution in [3.63, 3.8) is 0 Å². The molecular weight excluding hydrogens is 170 g/mol. The number of morpholine rings is 1. The highest BCUT2D eigenvalue weighted by molar-refractivity contribution is 5.66. The van der Waals surface area contributed by atoms with Gasteiger partial charge in [0.1, 0.15) is 0 Å². The SMILES string of the molecule is CCN1CCO[C@@H](CCC(=O)O)C1. The van der Waals surface area contributed by atoms with Gasteiger partial charge in [-0.1, -0.05) is 6.92 Å². The Morgan fingerprint density at radius 1 is 1.69 bits per heavy atom. The lowest BCUT2D eigenvalue weighted by molar-refractivity contribution is -0.138. The summed E-state index contributed by atoms with van der Waals surface area (Å²) in [6.45, 7) is 5.72. The van der Waals surface area contributed by atoms with E-state index >= 15 is 0 Å². The van der Waals surface area contributed by atoms with Gasteiger partial charge in [0, 0.05) is 19.5 Å². The second kappa shape index (κ2) is 5.19. The van der Waals surface area contributed by atoms with Crippen LogP contribution in [0.3, 0.4) is 0 Å². The molecule has 1 rings (SSSR count). The Morgan fingerprint density at radius 3 is 3.08 bits per heavy atom. The highest BCUT2D eigenvalue weighted by atomic mass is 16.5. The van der Waals surface area contributed by atoms with Crippen molar-refractivity contribution in [3.8, 4) is 0 Å². The largest absolute Gasteiger partial charge is 0.481 e. The molecule has 0 unspecified atom stereocenters. The summed E-state index contributed by atoms with van der Waals surface area (Å²) in [5.41, 5.74) is 0. The molecule has 0 aromatic carbocycles. The molecule has 1 N–H and O–H groups in total. The topological polar surface area (TPSA) is 49.8 Å². The molecule has 0 aliphatic carbocycles. The molecule has 1 saturated heterocycles. The Bertz CT molecular complexity index is 172. The molecule has 4 heteroatoms. The van der Waals surface area contributed by atoms with Crippen LogP contribution in [-0.2, 0) is 9.53 Å². The Hall–Kier alpha value is -0.610. The third-order valence-electron chi connectivity index (χ3n) is 2.35. The third kappa shape index (κ3) is 3.74. The summed E-state index contributed by atoms with van der Waals surface area (Å²) < 4.78 is 5.46. The van der Waals surface area contributed by atoms with Gasteiger partial charge in [-0.15, -0.1) is 0 Å². The summed E-state index contributed by atoms with van der Waals surface area (Å²) in [4.78, 5) is 12.6. The molecule has 1 aliphatic rings. The van der Waals surface area contributed by atoms with Crippen molar-refractivity contribution >= 4 is 5.97 Å². The van der Waals surface area contributed by atoms with Crippen LogP contribution in [0.5, 0.6) is 0 Å². The van der Waals surface area contributed by atoms with Crippen molar-refractivity contribution in [2.24, 2.45) is 0 Å². The Labute approximate surface area is 78.5 Å². The van der Waals surface area contributed by atoms with E-state index < -0.39 is 5.97 Å². The number of carboxylic acids is 1. The zero-order chi connectivity index (χ0) is 9.68. The zero-order valence-corrected chi connectivity index (χ0v) is 8.03. The minimum absolute atomic E-state index is 0.116. The van der Waals surface area contributed by atoms with Gasteiger partial charge < -0.3 is 9.84 Å². The van der Waals surface area contributed by atoms with E-state index in [9.17, 15) is 4.79 Å². The van der Waals surface area contributed by atoms with Crippen LogP contribution in [0.4, 0.5) is 0 Å². The van der Waals surface area contributed by atoms with E-state index in [1.807, 2.05) is 0 Å². The number of carboxylic acid groups (broad SMARTS) is 1. The number of hydrogen-bond donors (Lipinski definition) is 1. The fourth-order valence-corrected chi connectivity index (χ4v) is 1.53. The van der Waals surface area contributed by atoms with Gasteiger partial charge in [0.05, 0.1) is 12.7 Å². The molecule has 0 amide bonds. The first-order chi connectivity index (χ1) is 6.22. The number of ether oxygens (including phenoxy) is 1. The number of likely N-dealkylation sites (N-methyl/N-ethyl adjacent to an activating group) is 1. The second-order valence-corrected chi connectivity index (χ2v) is 3.32.